The van der Waals surface area contributed by atoms with Gasteiger partial charge >= 0.3 is 5.97 Å². The highest BCUT2D eigenvalue weighted by Gasteiger charge is 2.32. The van der Waals surface area contributed by atoms with Crippen molar-refractivity contribution in [3.63, 3.8) is 0 Å². The Labute approximate surface area is 116 Å². The van der Waals surface area contributed by atoms with Crippen LogP contribution in [-0.4, -0.2) is 10.5 Å². The zero-order chi connectivity index (χ0) is 13.7. The van der Waals surface area contributed by atoms with Gasteiger partial charge in [0.15, 0.2) is 0 Å². The molecule has 1 aliphatic heterocycles. The molecule has 0 saturated heterocycles. The van der Waals surface area contributed by atoms with E-state index >= 15 is 0 Å². The second kappa shape index (κ2) is 3.97. The number of nitrogens with zero attached hydrogens (tertiary/aromatic N) is 1. The van der Waals surface area contributed by atoms with Gasteiger partial charge in [-0.15, -0.1) is 0 Å². The molecule has 0 radical (unpaired) electrons. The van der Waals surface area contributed by atoms with Crippen LogP contribution in [0, 0.1) is 6.92 Å². The van der Waals surface area contributed by atoms with Crippen molar-refractivity contribution in [2.45, 2.75) is 13.2 Å². The van der Waals surface area contributed by atoms with Crippen LogP contribution in [0.25, 0.3) is 10.9 Å². The topological polar surface area (TPSA) is 31.2 Å². The Bertz CT molecular complexity index is 832. The number of esters is 1. The number of benzene rings is 2. The summed E-state index contributed by atoms with van der Waals surface area (Å²) in [4.78, 5) is 12.0. The van der Waals surface area contributed by atoms with E-state index in [1.54, 1.807) is 0 Å². The smallest absolute Gasteiger partial charge is 0.340 e. The third-order valence-corrected chi connectivity index (χ3v) is 3.86. The van der Waals surface area contributed by atoms with E-state index in [0.717, 1.165) is 11.1 Å². The molecule has 3 aromatic rings. The Balaban J connectivity index is 1.96. The van der Waals surface area contributed by atoms with Gasteiger partial charge in [-0.05, 0) is 24.6 Å². The SMILES string of the molecule is Cc1cn(C2OC(=O)c3ccccc32)c2ccccc12. The van der Waals surface area contributed by atoms with Gasteiger partial charge in [0.25, 0.3) is 0 Å². The van der Waals surface area contributed by atoms with Crippen molar-refractivity contribution >= 4 is 16.9 Å². The van der Waals surface area contributed by atoms with E-state index in [1.807, 2.05) is 47.2 Å². The molecule has 0 fully saturated rings. The number of aryl methyl sites for hydroxylation is 1. The molecule has 0 N–H and O–H groups in total. The summed E-state index contributed by atoms with van der Waals surface area (Å²) in [5, 5.41) is 1.19. The molecule has 0 saturated carbocycles. The summed E-state index contributed by atoms with van der Waals surface area (Å²) >= 11 is 0. The molecule has 0 bridgehead atoms. The predicted octanol–water partition coefficient (Wildman–Crippen LogP) is 3.67. The fourth-order valence-electron chi connectivity index (χ4n) is 2.91. The van der Waals surface area contributed by atoms with Crippen LogP contribution in [0.15, 0.2) is 54.7 Å². The molecule has 2 aromatic carbocycles. The average Bonchev–Trinajstić information content (AvgIpc) is 2.99. The van der Waals surface area contributed by atoms with Gasteiger partial charge in [0.1, 0.15) is 0 Å². The Morgan fingerprint density at radius 2 is 1.80 bits per heavy atom. The first-order chi connectivity index (χ1) is 9.75. The molecule has 0 amide bonds. The number of hydrogen-bond acceptors (Lipinski definition) is 2. The monoisotopic (exact) mass is 263 g/mol. The lowest BCUT2D eigenvalue weighted by Crippen LogP contribution is -2.09. The lowest BCUT2D eigenvalue weighted by Gasteiger charge is -2.14. The van der Waals surface area contributed by atoms with Crippen LogP contribution in [0.3, 0.4) is 0 Å². The van der Waals surface area contributed by atoms with Crippen molar-refractivity contribution in [3.8, 4) is 0 Å². The zero-order valence-electron chi connectivity index (χ0n) is 11.0. The van der Waals surface area contributed by atoms with E-state index in [-0.39, 0.29) is 12.2 Å². The fourth-order valence-corrected chi connectivity index (χ4v) is 2.91. The van der Waals surface area contributed by atoms with Crippen LogP contribution in [0.4, 0.5) is 0 Å². The summed E-state index contributed by atoms with van der Waals surface area (Å²) in [7, 11) is 0. The van der Waals surface area contributed by atoms with E-state index in [4.69, 9.17) is 4.74 Å². The average molecular weight is 263 g/mol. The van der Waals surface area contributed by atoms with Crippen molar-refractivity contribution in [1.29, 1.82) is 0 Å². The molecule has 1 aromatic heterocycles. The number of ether oxygens (including phenoxy) is 1. The second-order valence-corrected chi connectivity index (χ2v) is 5.08. The molecular weight excluding hydrogens is 250 g/mol. The number of carbonyl (C=O) groups is 1. The van der Waals surface area contributed by atoms with Crippen molar-refractivity contribution in [3.05, 3.63) is 71.4 Å². The minimum absolute atomic E-state index is 0.249. The van der Waals surface area contributed by atoms with Gasteiger partial charge in [-0.25, -0.2) is 4.79 Å². The number of cyclic esters (lactones) is 1. The standard InChI is InChI=1S/C17H13NO2/c1-11-10-18(15-9-5-4-6-12(11)15)16-13-7-2-3-8-14(13)17(19)20-16/h2-10,16H,1H3. The van der Waals surface area contributed by atoms with Crippen LogP contribution < -0.4 is 0 Å². The molecule has 4 rings (SSSR count). The summed E-state index contributed by atoms with van der Waals surface area (Å²) in [6.07, 6.45) is 1.68. The number of para-hydroxylation sites is 1. The Morgan fingerprint density at radius 1 is 1.05 bits per heavy atom. The maximum absolute atomic E-state index is 12.0. The van der Waals surface area contributed by atoms with Gasteiger partial charge in [0, 0.05) is 17.1 Å². The summed E-state index contributed by atoms with van der Waals surface area (Å²) < 4.78 is 7.60. The van der Waals surface area contributed by atoms with Crippen LogP contribution in [0.2, 0.25) is 0 Å². The maximum Gasteiger partial charge on any atom is 0.340 e. The minimum atomic E-state index is -0.364. The minimum Gasteiger partial charge on any atom is -0.433 e. The molecule has 0 spiro atoms. The molecular formula is C17H13NO2. The first-order valence-corrected chi connectivity index (χ1v) is 6.62. The number of rotatable bonds is 1. The number of carbonyl (C=O) groups excluding carboxylic acids is 1. The number of aromatic nitrogens is 1. The van der Waals surface area contributed by atoms with E-state index in [9.17, 15) is 4.79 Å². The maximum atomic E-state index is 12.0. The Hall–Kier alpha value is -2.55. The summed E-state index contributed by atoms with van der Waals surface area (Å²) in [5.41, 5.74) is 3.85. The molecule has 3 heteroatoms. The third kappa shape index (κ3) is 1.43. The van der Waals surface area contributed by atoms with Gasteiger partial charge < -0.3 is 9.30 Å². The fraction of sp³-hybridized carbons (Fsp3) is 0.118. The van der Waals surface area contributed by atoms with Crippen molar-refractivity contribution in [2.24, 2.45) is 0 Å². The third-order valence-electron chi connectivity index (χ3n) is 3.86. The van der Waals surface area contributed by atoms with Gasteiger partial charge in [-0.3, -0.25) is 0 Å². The first-order valence-electron chi connectivity index (χ1n) is 6.62. The van der Waals surface area contributed by atoms with Crippen LogP contribution in [-0.2, 0) is 4.74 Å². The van der Waals surface area contributed by atoms with Crippen LogP contribution >= 0.6 is 0 Å². The summed E-state index contributed by atoms with van der Waals surface area (Å²) in [6.45, 7) is 2.07. The summed E-state index contributed by atoms with van der Waals surface area (Å²) in [6, 6.07) is 15.7. The van der Waals surface area contributed by atoms with Crippen LogP contribution in [0.1, 0.15) is 27.7 Å². The lowest BCUT2D eigenvalue weighted by atomic mass is 10.1. The largest absolute Gasteiger partial charge is 0.433 e. The van der Waals surface area contributed by atoms with E-state index < -0.39 is 0 Å². The Morgan fingerprint density at radius 3 is 2.70 bits per heavy atom. The highest BCUT2D eigenvalue weighted by molar-refractivity contribution is 5.94. The normalized spacial score (nSPS) is 17.2. The molecule has 3 nitrogen and oxygen atoms in total. The van der Waals surface area contributed by atoms with E-state index in [1.165, 1.54) is 10.9 Å². The molecule has 1 atom stereocenters. The van der Waals surface area contributed by atoms with Crippen molar-refractivity contribution in [2.75, 3.05) is 0 Å². The molecule has 2 heterocycles. The quantitative estimate of drug-likeness (QED) is 0.627. The van der Waals surface area contributed by atoms with Crippen molar-refractivity contribution in [1.82, 2.24) is 4.57 Å². The molecule has 1 unspecified atom stereocenters. The highest BCUT2D eigenvalue weighted by Crippen LogP contribution is 2.35. The zero-order valence-corrected chi connectivity index (χ0v) is 11.0. The van der Waals surface area contributed by atoms with Gasteiger partial charge in [-0.1, -0.05) is 36.4 Å². The molecule has 1 aliphatic rings. The molecule has 98 valence electrons. The highest BCUT2D eigenvalue weighted by atomic mass is 16.6. The van der Waals surface area contributed by atoms with Gasteiger partial charge in [-0.2, -0.15) is 0 Å². The summed E-state index contributed by atoms with van der Waals surface area (Å²) in [5.74, 6) is -0.249. The van der Waals surface area contributed by atoms with Crippen LogP contribution in [0.5, 0.6) is 0 Å². The molecule has 20 heavy (non-hydrogen) atoms. The lowest BCUT2D eigenvalue weighted by molar-refractivity contribution is 0.0331. The van der Waals surface area contributed by atoms with E-state index in [0.29, 0.717) is 5.56 Å². The van der Waals surface area contributed by atoms with Gasteiger partial charge in [0.05, 0.1) is 11.1 Å². The predicted molar refractivity (Wildman–Crippen MR) is 76.7 cm³/mol. The number of fused-ring (bicyclic) bond motifs is 2. The van der Waals surface area contributed by atoms with Gasteiger partial charge in [0.2, 0.25) is 6.23 Å². The number of hydrogen-bond donors (Lipinski definition) is 0. The van der Waals surface area contributed by atoms with Crippen molar-refractivity contribution < 1.29 is 9.53 Å². The van der Waals surface area contributed by atoms with E-state index in [2.05, 4.69) is 19.1 Å². The Kier molecular flexibility index (Phi) is 2.24. The molecule has 0 aliphatic carbocycles. The second-order valence-electron chi connectivity index (χ2n) is 5.08. The first kappa shape index (κ1) is 11.3.